The molecule has 0 saturated carbocycles. The summed E-state index contributed by atoms with van der Waals surface area (Å²) in [5, 5.41) is 199. The number of aliphatic hydroxyl groups is 16. The van der Waals surface area contributed by atoms with Gasteiger partial charge < -0.3 is 106 Å². The van der Waals surface area contributed by atoms with E-state index < -0.39 is 191 Å². The summed E-state index contributed by atoms with van der Waals surface area (Å²) in [7, 11) is 0. The van der Waals surface area contributed by atoms with E-state index in [4.69, 9.17) is 14.2 Å². The van der Waals surface area contributed by atoms with Crippen molar-refractivity contribution >= 4 is 41.1 Å². The number of Topliss-reactive ketones (excluding diaryl/α,β-unsaturated/α-hetero) is 3. The zero-order valence-electron chi connectivity index (χ0n) is 38.1. The van der Waals surface area contributed by atoms with Gasteiger partial charge in [-0.25, -0.2) is 0 Å². The molecule has 26 heteroatoms. The average Bonchev–Trinajstić information content (AvgIpc) is 3.78. The quantitative estimate of drug-likeness (QED) is 0.0448. The maximum absolute atomic E-state index is 15.2. The summed E-state index contributed by atoms with van der Waals surface area (Å²) in [4.78, 5) is 73.5. The van der Waals surface area contributed by atoms with E-state index in [2.05, 4.69) is 0 Å². The summed E-state index contributed by atoms with van der Waals surface area (Å²) >= 11 is 0. The number of benzene rings is 2. The number of hydrogen-bond donors (Lipinski definition) is 18. The number of carbonyl (C=O) groups is 5. The van der Waals surface area contributed by atoms with Gasteiger partial charge in [-0.2, -0.15) is 0 Å². The van der Waals surface area contributed by atoms with Crippen LogP contribution in [-0.4, -0.2) is 237 Å². The molecular weight excluding hydrogens is 993 g/mol. The number of phenols is 2. The Labute approximate surface area is 416 Å². The predicted molar refractivity (Wildman–Crippen MR) is 240 cm³/mol. The number of aromatic hydroxyl groups is 2. The number of phenolic OH excluding ortho intramolecular Hbond substituents is 2. The second kappa shape index (κ2) is 21.2. The van der Waals surface area contributed by atoms with Crippen molar-refractivity contribution in [3.63, 3.8) is 0 Å². The van der Waals surface area contributed by atoms with Gasteiger partial charge in [0.15, 0.2) is 23.1 Å². The van der Waals surface area contributed by atoms with E-state index in [0.717, 1.165) is 12.2 Å². The van der Waals surface area contributed by atoms with Crippen molar-refractivity contribution < 1.29 is 130 Å². The molecule has 0 aromatic heterocycles. The standard InChI is InChI=1S/C48H52O26/c49-13-22(56)30(57)37(64)40-27(28-33(60)25(20(54)11-5-16-1-7-18(52)8-2-16)41(67)47(70,43(28)69)45-38(65)35(62)31(58)23(14-50)72-45)29-34(61)26(21(55)12-6-17-3-9-19(53)10-4-17)42(68)48(71,44(29)74-40)46-39(66)36(63)32(59)24(15-51)73-46/h1-12,22-25,27,30-32,35-40,45-46,49-53,56-59,61-66,69-71H,13-15H2/b11-5-,12-6-/t22?,23-,24-,25?,27?,30?,31-,32-,35+,36+,37?,38-,39-,40?,45+,46+,47?,48?/m1/s1. The molecule has 0 amide bonds. The fraction of sp³-hybridized carbons (Fsp3) is 0.438. The van der Waals surface area contributed by atoms with E-state index in [9.17, 15) is 111 Å². The van der Waals surface area contributed by atoms with Crippen LogP contribution in [0.15, 0.2) is 94.7 Å². The molecule has 2 aliphatic carbocycles. The van der Waals surface area contributed by atoms with Gasteiger partial charge in [0.2, 0.25) is 17.0 Å². The molecule has 0 bridgehead atoms. The van der Waals surface area contributed by atoms with Crippen LogP contribution in [0.5, 0.6) is 11.5 Å². The van der Waals surface area contributed by atoms with Gasteiger partial charge in [0.1, 0.15) is 126 Å². The first-order chi connectivity index (χ1) is 34.8. The first-order valence-corrected chi connectivity index (χ1v) is 22.5. The van der Waals surface area contributed by atoms with E-state index in [1.165, 1.54) is 48.5 Å². The van der Waals surface area contributed by atoms with Crippen LogP contribution in [0.2, 0.25) is 0 Å². The van der Waals surface area contributed by atoms with Gasteiger partial charge in [-0.1, -0.05) is 36.4 Å². The molecule has 18 N–H and O–H groups in total. The first-order valence-electron chi connectivity index (χ1n) is 22.5. The summed E-state index contributed by atoms with van der Waals surface area (Å²) in [6, 6.07) is 9.71. The van der Waals surface area contributed by atoms with E-state index in [-0.39, 0.29) is 22.6 Å². The Morgan fingerprint density at radius 3 is 1.58 bits per heavy atom. The molecule has 3 aliphatic heterocycles. The molecule has 400 valence electrons. The van der Waals surface area contributed by atoms with Crippen LogP contribution >= 0.6 is 0 Å². The Kier molecular flexibility index (Phi) is 16.0. The minimum atomic E-state index is -4.06. The van der Waals surface area contributed by atoms with Crippen LogP contribution in [0.1, 0.15) is 11.1 Å². The van der Waals surface area contributed by atoms with E-state index >= 15 is 4.79 Å². The lowest BCUT2D eigenvalue weighted by Crippen LogP contribution is -2.70. The molecule has 7 rings (SSSR count). The monoisotopic (exact) mass is 1040 g/mol. The van der Waals surface area contributed by atoms with Crippen molar-refractivity contribution in [3.05, 3.63) is 106 Å². The number of aliphatic hydroxyl groups excluding tert-OH is 14. The molecule has 0 spiro atoms. The Bertz CT molecular complexity index is 2690. The zero-order valence-corrected chi connectivity index (χ0v) is 38.1. The van der Waals surface area contributed by atoms with Crippen molar-refractivity contribution in [3.8, 4) is 11.5 Å². The Morgan fingerprint density at radius 1 is 0.635 bits per heavy atom. The lowest BCUT2D eigenvalue weighted by molar-refractivity contribution is -0.264. The molecule has 74 heavy (non-hydrogen) atoms. The van der Waals surface area contributed by atoms with Crippen LogP contribution in [0.25, 0.3) is 12.2 Å². The highest BCUT2D eigenvalue weighted by atomic mass is 16.6. The molecule has 8 unspecified atom stereocenters. The number of carbonyl (C=O) groups excluding carboxylic acids is 5. The topological polar surface area (TPSA) is 477 Å². The van der Waals surface area contributed by atoms with Gasteiger partial charge in [-0.05, 0) is 47.5 Å². The molecule has 5 aliphatic rings. The molecule has 18 atom stereocenters. The van der Waals surface area contributed by atoms with Crippen LogP contribution in [0.4, 0.5) is 0 Å². The average molecular weight is 1040 g/mol. The summed E-state index contributed by atoms with van der Waals surface area (Å²) in [5.74, 6) is -20.6. The minimum absolute atomic E-state index is 0.124. The number of ether oxygens (including phenoxy) is 3. The van der Waals surface area contributed by atoms with E-state index in [1.807, 2.05) is 0 Å². The first kappa shape index (κ1) is 55.6. The summed E-state index contributed by atoms with van der Waals surface area (Å²) in [6.07, 6.45) is -31.8. The normalized spacial score (nSPS) is 36.1. The van der Waals surface area contributed by atoms with E-state index in [0.29, 0.717) is 12.2 Å². The van der Waals surface area contributed by atoms with Gasteiger partial charge in [0.25, 0.3) is 0 Å². The third-order valence-corrected chi connectivity index (χ3v) is 13.7. The number of hydrogen-bond acceptors (Lipinski definition) is 26. The molecule has 2 saturated heterocycles. The Balaban J connectivity index is 1.55. The van der Waals surface area contributed by atoms with Gasteiger partial charge in [0, 0.05) is 11.1 Å². The smallest absolute Gasteiger partial charge is 0.214 e. The number of allylic oxidation sites excluding steroid dienone is 3. The highest BCUT2D eigenvalue weighted by molar-refractivity contribution is 6.32. The minimum Gasteiger partial charge on any atom is -0.508 e. The zero-order chi connectivity index (χ0) is 54.6. The van der Waals surface area contributed by atoms with Crippen LogP contribution in [0.3, 0.4) is 0 Å². The van der Waals surface area contributed by atoms with Crippen molar-refractivity contribution in [2.45, 2.75) is 96.7 Å². The van der Waals surface area contributed by atoms with Crippen molar-refractivity contribution in [1.82, 2.24) is 0 Å². The van der Waals surface area contributed by atoms with Crippen LogP contribution < -0.4 is 0 Å². The maximum atomic E-state index is 15.2. The lowest BCUT2D eigenvalue weighted by Gasteiger charge is -2.48. The highest BCUT2D eigenvalue weighted by Crippen LogP contribution is 2.54. The number of rotatable bonds is 15. The molecule has 3 heterocycles. The molecular formula is C48H52O26. The van der Waals surface area contributed by atoms with Crippen LogP contribution in [0, 0.1) is 11.8 Å². The summed E-state index contributed by atoms with van der Waals surface area (Å²) in [5.41, 5.74) is -12.2. The Morgan fingerprint density at radius 2 is 1.11 bits per heavy atom. The van der Waals surface area contributed by atoms with Crippen molar-refractivity contribution in [2.24, 2.45) is 11.8 Å². The molecule has 26 nitrogen and oxygen atoms in total. The van der Waals surface area contributed by atoms with Crippen molar-refractivity contribution in [2.75, 3.05) is 19.8 Å². The predicted octanol–water partition coefficient (Wildman–Crippen LogP) is -6.57. The van der Waals surface area contributed by atoms with Crippen LogP contribution in [-0.2, 0) is 38.2 Å². The van der Waals surface area contributed by atoms with Gasteiger partial charge in [-0.3, -0.25) is 24.0 Å². The third kappa shape index (κ3) is 9.16. The number of ketones is 5. The highest BCUT2D eigenvalue weighted by Gasteiger charge is 2.70. The van der Waals surface area contributed by atoms with E-state index in [1.54, 1.807) is 0 Å². The third-order valence-electron chi connectivity index (χ3n) is 13.7. The second-order valence-electron chi connectivity index (χ2n) is 18.2. The summed E-state index contributed by atoms with van der Waals surface area (Å²) < 4.78 is 16.9. The molecule has 0 radical (unpaired) electrons. The van der Waals surface area contributed by atoms with Gasteiger partial charge in [-0.15, -0.1) is 0 Å². The lowest BCUT2D eigenvalue weighted by atomic mass is 9.64. The molecule has 2 aromatic carbocycles. The fourth-order valence-corrected chi connectivity index (χ4v) is 9.61. The fourth-order valence-electron chi connectivity index (χ4n) is 9.61. The SMILES string of the molecule is O=C(/C=C\c1ccc(O)cc1)C1=C(O)C2=C(OC(C(O)C(O)C(O)CO)C2C2=C(O)C(O)([C@H]3O[C@H](CO)[C@@H](O)[C@H](O)[C@H]3O)C(=O)C(C(=O)/C=C\c3ccc(O)cc3)C2=O)C(O)([C@H]2O[C@H](CO)[C@@H](O)[C@H](O)[C@H]2O)C1=O. The maximum Gasteiger partial charge on any atom is 0.214 e. The summed E-state index contributed by atoms with van der Waals surface area (Å²) in [6.45, 7) is -3.84. The largest absolute Gasteiger partial charge is 0.508 e. The van der Waals surface area contributed by atoms with Gasteiger partial charge in [0.05, 0.1) is 25.7 Å². The molecule has 2 aromatic rings. The Hall–Kier alpha value is -6.15. The molecule has 2 fully saturated rings. The van der Waals surface area contributed by atoms with Crippen molar-refractivity contribution in [1.29, 1.82) is 0 Å². The van der Waals surface area contributed by atoms with Gasteiger partial charge >= 0.3 is 0 Å². The second-order valence-corrected chi connectivity index (χ2v) is 18.2.